The monoisotopic (exact) mass is 465 g/mol. The predicted octanol–water partition coefficient (Wildman–Crippen LogP) is 3.77. The molecule has 2 amide bonds. The van der Waals surface area contributed by atoms with E-state index in [2.05, 4.69) is 24.1 Å². The van der Waals surface area contributed by atoms with Crippen LogP contribution in [0, 0.1) is 11.8 Å². The van der Waals surface area contributed by atoms with Gasteiger partial charge in [-0.05, 0) is 58.9 Å². The van der Waals surface area contributed by atoms with Crippen molar-refractivity contribution in [3.63, 3.8) is 0 Å². The summed E-state index contributed by atoms with van der Waals surface area (Å²) >= 11 is 0. The van der Waals surface area contributed by atoms with E-state index in [9.17, 15) is 14.4 Å². The minimum absolute atomic E-state index is 0.0112. The van der Waals surface area contributed by atoms with Crippen LogP contribution in [0.2, 0.25) is 0 Å². The Bertz CT molecular complexity index is 689. The molecule has 0 aromatic heterocycles. The fourth-order valence-electron chi connectivity index (χ4n) is 4.47. The van der Waals surface area contributed by atoms with Gasteiger partial charge in [0.15, 0.2) is 0 Å². The van der Waals surface area contributed by atoms with Gasteiger partial charge in [-0.25, -0.2) is 4.79 Å². The maximum atomic E-state index is 13.7. The van der Waals surface area contributed by atoms with Crippen LogP contribution in [0.5, 0.6) is 0 Å². The zero-order chi connectivity index (χ0) is 25.3. The van der Waals surface area contributed by atoms with Gasteiger partial charge in [-0.3, -0.25) is 14.5 Å². The number of nitrogens with one attached hydrogen (secondary N) is 1. The van der Waals surface area contributed by atoms with Gasteiger partial charge in [0, 0.05) is 18.7 Å². The number of hydrogen-bond donors (Lipinski definition) is 1. The lowest BCUT2D eigenvalue weighted by Crippen LogP contribution is -2.59. The van der Waals surface area contributed by atoms with E-state index in [0.29, 0.717) is 12.2 Å². The molecule has 0 aliphatic carbocycles. The highest BCUT2D eigenvalue weighted by atomic mass is 16.5. The van der Waals surface area contributed by atoms with E-state index in [1.54, 1.807) is 31.9 Å². The average Bonchev–Trinajstić information content (AvgIpc) is 2.78. The molecule has 1 rings (SSSR count). The standard InChI is InChI=1S/C26H47N3O4/c1-10-19(7)23(27-24(30)21-14-12-13-15-29(21)18(5)6)25(31)28(9)22(17(3)4)16-20(8)26(32)33-11-2/h16-19,21-23H,10-15H2,1-9H3,(H,27,30)/b20-16+/t19-,21?,22-,23-/m1/s1. The van der Waals surface area contributed by atoms with Crippen LogP contribution in [-0.2, 0) is 19.1 Å². The lowest BCUT2D eigenvalue weighted by molar-refractivity contribution is -0.140. The SMILES string of the molecule is CCOC(=O)/C(C)=C/[C@H](C(C)C)N(C)C(=O)[C@H](NC(=O)C1CCCCN1C(C)C)[C@H](C)CC. The second-order valence-electron chi connectivity index (χ2n) is 9.97. The Kier molecular flexibility index (Phi) is 12.1. The summed E-state index contributed by atoms with van der Waals surface area (Å²) in [6, 6.07) is -0.814. The fraction of sp³-hybridized carbons (Fsp3) is 0.808. The quantitative estimate of drug-likeness (QED) is 0.371. The lowest BCUT2D eigenvalue weighted by Gasteiger charge is -2.39. The summed E-state index contributed by atoms with van der Waals surface area (Å²) in [5, 5.41) is 3.11. The average molecular weight is 466 g/mol. The van der Waals surface area contributed by atoms with Gasteiger partial charge in [-0.15, -0.1) is 0 Å². The Morgan fingerprint density at radius 1 is 1.12 bits per heavy atom. The molecule has 1 N–H and O–H groups in total. The van der Waals surface area contributed by atoms with Crippen LogP contribution in [0.15, 0.2) is 11.6 Å². The molecule has 4 atom stereocenters. The molecule has 0 radical (unpaired) electrons. The number of ether oxygens (including phenoxy) is 1. The number of carbonyl (C=O) groups excluding carboxylic acids is 3. The number of piperidine rings is 1. The van der Waals surface area contributed by atoms with Crippen molar-refractivity contribution < 1.29 is 19.1 Å². The van der Waals surface area contributed by atoms with E-state index in [0.717, 1.165) is 32.2 Å². The third kappa shape index (κ3) is 8.13. The molecule has 7 nitrogen and oxygen atoms in total. The highest BCUT2D eigenvalue weighted by Crippen LogP contribution is 2.22. The van der Waals surface area contributed by atoms with E-state index >= 15 is 0 Å². The molecule has 33 heavy (non-hydrogen) atoms. The number of amides is 2. The zero-order valence-corrected chi connectivity index (χ0v) is 22.3. The smallest absolute Gasteiger partial charge is 0.333 e. The third-order valence-electron chi connectivity index (χ3n) is 6.78. The van der Waals surface area contributed by atoms with Crippen molar-refractivity contribution in [1.82, 2.24) is 15.1 Å². The Labute approximate surface area is 201 Å². The van der Waals surface area contributed by atoms with Crippen LogP contribution < -0.4 is 5.32 Å². The molecule has 1 saturated heterocycles. The van der Waals surface area contributed by atoms with Crippen LogP contribution >= 0.6 is 0 Å². The summed E-state index contributed by atoms with van der Waals surface area (Å²) in [4.78, 5) is 43.0. The van der Waals surface area contributed by atoms with Crippen molar-refractivity contribution >= 4 is 17.8 Å². The predicted molar refractivity (Wildman–Crippen MR) is 133 cm³/mol. The molecule has 0 bridgehead atoms. The first kappa shape index (κ1) is 29.1. The second kappa shape index (κ2) is 13.7. The zero-order valence-electron chi connectivity index (χ0n) is 22.3. The van der Waals surface area contributed by atoms with Crippen molar-refractivity contribution in [1.29, 1.82) is 0 Å². The van der Waals surface area contributed by atoms with Crippen LogP contribution in [-0.4, -0.2) is 72.0 Å². The van der Waals surface area contributed by atoms with Gasteiger partial charge < -0.3 is 15.0 Å². The largest absolute Gasteiger partial charge is 0.463 e. The number of rotatable bonds is 11. The molecular formula is C26H47N3O4. The summed E-state index contributed by atoms with van der Waals surface area (Å²) < 4.78 is 5.10. The van der Waals surface area contributed by atoms with Crippen LogP contribution in [0.4, 0.5) is 0 Å². The number of nitrogens with zero attached hydrogens (tertiary/aromatic N) is 2. The van der Waals surface area contributed by atoms with Gasteiger partial charge in [-0.2, -0.15) is 0 Å². The summed E-state index contributed by atoms with van der Waals surface area (Å²) in [5.41, 5.74) is 0.481. The van der Waals surface area contributed by atoms with Crippen molar-refractivity contribution in [3.05, 3.63) is 11.6 Å². The van der Waals surface area contributed by atoms with Crippen LogP contribution in [0.25, 0.3) is 0 Å². The number of likely N-dealkylation sites (N-methyl/N-ethyl adjacent to an activating group) is 1. The van der Waals surface area contributed by atoms with E-state index in [4.69, 9.17) is 4.74 Å². The number of carbonyl (C=O) groups is 3. The first-order valence-electron chi connectivity index (χ1n) is 12.6. The van der Waals surface area contributed by atoms with Crippen molar-refractivity contribution in [3.8, 4) is 0 Å². The highest BCUT2D eigenvalue weighted by molar-refractivity contribution is 5.91. The number of esters is 1. The topological polar surface area (TPSA) is 79.0 Å². The molecule has 1 aliphatic heterocycles. The van der Waals surface area contributed by atoms with Crippen molar-refractivity contribution in [2.75, 3.05) is 20.2 Å². The van der Waals surface area contributed by atoms with Crippen LogP contribution in [0.1, 0.15) is 81.1 Å². The van der Waals surface area contributed by atoms with Crippen LogP contribution in [0.3, 0.4) is 0 Å². The Morgan fingerprint density at radius 2 is 1.76 bits per heavy atom. The molecule has 0 saturated carbocycles. The van der Waals surface area contributed by atoms with Gasteiger partial charge in [0.2, 0.25) is 11.8 Å². The molecule has 1 unspecified atom stereocenters. The summed E-state index contributed by atoms with van der Waals surface area (Å²) in [5.74, 6) is -0.484. The molecule has 1 fully saturated rings. The number of hydrogen-bond acceptors (Lipinski definition) is 5. The minimum Gasteiger partial charge on any atom is -0.463 e. The Hall–Kier alpha value is -1.89. The molecule has 190 valence electrons. The van der Waals surface area contributed by atoms with Gasteiger partial charge in [-0.1, -0.05) is 46.6 Å². The lowest BCUT2D eigenvalue weighted by atomic mass is 9.93. The molecule has 1 heterocycles. The Morgan fingerprint density at radius 3 is 2.27 bits per heavy atom. The van der Waals surface area contributed by atoms with Crippen molar-refractivity contribution in [2.24, 2.45) is 11.8 Å². The Balaban J connectivity index is 3.12. The van der Waals surface area contributed by atoms with E-state index in [1.165, 1.54) is 0 Å². The summed E-state index contributed by atoms with van der Waals surface area (Å²) in [7, 11) is 1.75. The molecule has 1 aliphatic rings. The van der Waals surface area contributed by atoms with Crippen molar-refractivity contribution in [2.45, 2.75) is 105 Å². The molecule has 7 heteroatoms. The van der Waals surface area contributed by atoms with E-state index in [1.807, 2.05) is 27.7 Å². The highest BCUT2D eigenvalue weighted by Gasteiger charge is 2.36. The van der Waals surface area contributed by atoms with Gasteiger partial charge in [0.25, 0.3) is 0 Å². The summed E-state index contributed by atoms with van der Waals surface area (Å²) in [6.45, 7) is 17.0. The minimum atomic E-state index is -0.610. The summed E-state index contributed by atoms with van der Waals surface area (Å²) in [6.07, 6.45) is 5.51. The normalized spacial score (nSPS) is 20.3. The van der Waals surface area contributed by atoms with E-state index in [-0.39, 0.29) is 47.7 Å². The van der Waals surface area contributed by atoms with E-state index < -0.39 is 6.04 Å². The third-order valence-corrected chi connectivity index (χ3v) is 6.78. The molecule has 0 spiro atoms. The second-order valence-corrected chi connectivity index (χ2v) is 9.97. The molecular weight excluding hydrogens is 418 g/mol. The van der Waals surface area contributed by atoms with Gasteiger partial charge in [0.05, 0.1) is 18.7 Å². The first-order chi connectivity index (χ1) is 15.5. The van der Waals surface area contributed by atoms with Gasteiger partial charge >= 0.3 is 5.97 Å². The molecule has 0 aromatic carbocycles. The first-order valence-corrected chi connectivity index (χ1v) is 12.6. The maximum absolute atomic E-state index is 13.7. The fourth-order valence-corrected chi connectivity index (χ4v) is 4.47. The molecule has 0 aromatic rings. The number of likely N-dealkylation sites (tertiary alicyclic amines) is 1. The maximum Gasteiger partial charge on any atom is 0.333 e. The van der Waals surface area contributed by atoms with Gasteiger partial charge in [0.1, 0.15) is 6.04 Å².